The Labute approximate surface area is 141 Å². The molecule has 2 rings (SSSR count). The van der Waals surface area contributed by atoms with E-state index in [2.05, 4.69) is 19.2 Å². The number of nitrogens with zero attached hydrogens (tertiary/aromatic N) is 1. The predicted octanol–water partition coefficient (Wildman–Crippen LogP) is 2.77. The minimum absolute atomic E-state index is 0. The Morgan fingerprint density at radius 1 is 1.39 bits per heavy atom. The fourth-order valence-electron chi connectivity index (χ4n) is 2.76. The number of nitrogens with two attached hydrogens (primary N) is 1. The number of benzene rings is 1. The fourth-order valence-corrected chi connectivity index (χ4v) is 2.76. The molecule has 0 spiro atoms. The Morgan fingerprint density at radius 3 is 2.48 bits per heavy atom. The summed E-state index contributed by atoms with van der Waals surface area (Å²) in [7, 11) is 0. The Kier molecular flexibility index (Phi) is 6.50. The standard InChI is InChI=1S/C16H23F2N3O.ClH/c1-10(21-8-7-13(19)16(2,3)9-21)15(22)20-14-11(17)5-4-6-12(14)18;/h4-6,10,13H,7-9,19H2,1-3H3,(H,20,22);1H. The van der Waals surface area contributed by atoms with E-state index in [-0.39, 0.29) is 23.9 Å². The fraction of sp³-hybridized carbons (Fsp3) is 0.562. The molecule has 130 valence electrons. The summed E-state index contributed by atoms with van der Waals surface area (Å²) in [6, 6.07) is 3.10. The van der Waals surface area contributed by atoms with Gasteiger partial charge in [0.25, 0.3) is 0 Å². The molecule has 0 aromatic heterocycles. The molecule has 0 bridgehead atoms. The van der Waals surface area contributed by atoms with Crippen molar-refractivity contribution in [2.75, 3.05) is 18.4 Å². The van der Waals surface area contributed by atoms with Gasteiger partial charge in [0.2, 0.25) is 5.91 Å². The third-order valence-corrected chi connectivity index (χ3v) is 4.48. The number of rotatable bonds is 3. The molecule has 3 N–H and O–H groups in total. The zero-order valence-corrected chi connectivity index (χ0v) is 14.4. The van der Waals surface area contributed by atoms with Gasteiger partial charge >= 0.3 is 0 Å². The second kappa shape index (κ2) is 7.55. The largest absolute Gasteiger partial charge is 0.327 e. The molecule has 0 aliphatic carbocycles. The molecule has 0 radical (unpaired) electrons. The van der Waals surface area contributed by atoms with Crippen molar-refractivity contribution in [3.8, 4) is 0 Å². The molecule has 1 fully saturated rings. The predicted molar refractivity (Wildman–Crippen MR) is 89.6 cm³/mol. The maximum Gasteiger partial charge on any atom is 0.241 e. The van der Waals surface area contributed by atoms with E-state index in [1.807, 2.05) is 4.90 Å². The molecular weight excluding hydrogens is 324 g/mol. The van der Waals surface area contributed by atoms with Crippen LogP contribution >= 0.6 is 12.4 Å². The first kappa shape index (κ1) is 19.8. The van der Waals surface area contributed by atoms with Crippen LogP contribution in [0.2, 0.25) is 0 Å². The number of amides is 1. The summed E-state index contributed by atoms with van der Waals surface area (Å²) in [6.45, 7) is 7.22. The number of likely N-dealkylation sites (tertiary alicyclic amines) is 1. The van der Waals surface area contributed by atoms with E-state index in [0.29, 0.717) is 13.1 Å². The van der Waals surface area contributed by atoms with Crippen LogP contribution < -0.4 is 11.1 Å². The summed E-state index contributed by atoms with van der Waals surface area (Å²) in [5, 5.41) is 2.35. The van der Waals surface area contributed by atoms with Crippen LogP contribution in [-0.4, -0.2) is 36.0 Å². The molecule has 4 nitrogen and oxygen atoms in total. The smallest absolute Gasteiger partial charge is 0.241 e. The molecule has 1 aliphatic heterocycles. The van der Waals surface area contributed by atoms with Gasteiger partial charge in [-0.25, -0.2) is 8.78 Å². The number of piperidine rings is 1. The lowest BCUT2D eigenvalue weighted by molar-refractivity contribution is -0.122. The van der Waals surface area contributed by atoms with Gasteiger partial charge in [0.05, 0.1) is 6.04 Å². The van der Waals surface area contributed by atoms with Gasteiger partial charge in [-0.15, -0.1) is 12.4 Å². The summed E-state index contributed by atoms with van der Waals surface area (Å²) in [5.74, 6) is -1.97. The molecule has 0 saturated carbocycles. The lowest BCUT2D eigenvalue weighted by atomic mass is 9.79. The second-order valence-electron chi connectivity index (χ2n) is 6.62. The number of carbonyl (C=O) groups excluding carboxylic acids is 1. The van der Waals surface area contributed by atoms with Crippen LogP contribution in [0.15, 0.2) is 18.2 Å². The van der Waals surface area contributed by atoms with Crippen molar-refractivity contribution in [1.82, 2.24) is 4.90 Å². The van der Waals surface area contributed by atoms with Crippen LogP contribution in [0.25, 0.3) is 0 Å². The quantitative estimate of drug-likeness (QED) is 0.884. The molecule has 2 atom stereocenters. The van der Waals surface area contributed by atoms with Crippen molar-refractivity contribution in [3.05, 3.63) is 29.8 Å². The Balaban J connectivity index is 0.00000264. The second-order valence-corrected chi connectivity index (χ2v) is 6.62. The molecule has 1 aromatic carbocycles. The Bertz CT molecular complexity index is 548. The first-order chi connectivity index (χ1) is 10.2. The highest BCUT2D eigenvalue weighted by Gasteiger charge is 2.36. The summed E-state index contributed by atoms with van der Waals surface area (Å²) in [6.07, 6.45) is 0.790. The molecule has 2 unspecified atom stereocenters. The van der Waals surface area contributed by atoms with Crippen LogP contribution in [0.5, 0.6) is 0 Å². The molecule has 23 heavy (non-hydrogen) atoms. The van der Waals surface area contributed by atoms with E-state index in [1.54, 1.807) is 6.92 Å². The van der Waals surface area contributed by atoms with Gasteiger partial charge in [0.15, 0.2) is 0 Å². The maximum atomic E-state index is 13.6. The molecule has 1 aromatic rings. The van der Waals surface area contributed by atoms with Gasteiger partial charge in [-0.05, 0) is 30.9 Å². The van der Waals surface area contributed by atoms with Crippen molar-refractivity contribution >= 4 is 24.0 Å². The highest BCUT2D eigenvalue weighted by molar-refractivity contribution is 5.94. The van der Waals surface area contributed by atoms with Gasteiger partial charge in [0, 0.05) is 19.1 Å². The van der Waals surface area contributed by atoms with Gasteiger partial charge in [-0.3, -0.25) is 9.69 Å². The molecule has 1 saturated heterocycles. The first-order valence-electron chi connectivity index (χ1n) is 7.47. The number of anilines is 1. The molecular formula is C16H24ClF2N3O. The highest BCUT2D eigenvalue weighted by Crippen LogP contribution is 2.29. The number of carbonyl (C=O) groups is 1. The van der Waals surface area contributed by atoms with E-state index in [0.717, 1.165) is 18.6 Å². The van der Waals surface area contributed by atoms with E-state index in [4.69, 9.17) is 5.73 Å². The van der Waals surface area contributed by atoms with Gasteiger partial charge in [0.1, 0.15) is 17.3 Å². The monoisotopic (exact) mass is 347 g/mol. The summed E-state index contributed by atoms with van der Waals surface area (Å²) >= 11 is 0. The van der Waals surface area contributed by atoms with Crippen LogP contribution in [0.3, 0.4) is 0 Å². The zero-order valence-electron chi connectivity index (χ0n) is 13.6. The lowest BCUT2D eigenvalue weighted by Crippen LogP contribution is -2.56. The van der Waals surface area contributed by atoms with E-state index >= 15 is 0 Å². The maximum absolute atomic E-state index is 13.6. The first-order valence-corrected chi connectivity index (χ1v) is 7.47. The van der Waals surface area contributed by atoms with Crippen LogP contribution in [-0.2, 0) is 4.79 Å². The van der Waals surface area contributed by atoms with Crippen molar-refractivity contribution in [2.45, 2.75) is 39.3 Å². The number of para-hydroxylation sites is 1. The summed E-state index contributed by atoms with van der Waals surface area (Å²) < 4.78 is 27.2. The minimum atomic E-state index is -0.776. The number of hydrogen-bond donors (Lipinski definition) is 2. The van der Waals surface area contributed by atoms with Gasteiger partial charge in [-0.1, -0.05) is 19.9 Å². The number of hydrogen-bond acceptors (Lipinski definition) is 3. The summed E-state index contributed by atoms with van der Waals surface area (Å²) in [4.78, 5) is 14.3. The van der Waals surface area contributed by atoms with Crippen molar-refractivity contribution < 1.29 is 13.6 Å². The number of halogens is 3. The molecule has 7 heteroatoms. The van der Waals surface area contributed by atoms with Gasteiger partial charge in [-0.2, -0.15) is 0 Å². The lowest BCUT2D eigenvalue weighted by Gasteiger charge is -2.44. The van der Waals surface area contributed by atoms with Crippen molar-refractivity contribution in [2.24, 2.45) is 11.1 Å². The van der Waals surface area contributed by atoms with Crippen molar-refractivity contribution in [3.63, 3.8) is 0 Å². The normalized spacial score (nSPS) is 22.1. The summed E-state index contributed by atoms with van der Waals surface area (Å²) in [5.41, 5.74) is 5.59. The van der Waals surface area contributed by atoms with E-state index in [1.165, 1.54) is 6.07 Å². The molecule has 1 aliphatic rings. The van der Waals surface area contributed by atoms with E-state index in [9.17, 15) is 13.6 Å². The zero-order chi connectivity index (χ0) is 16.5. The van der Waals surface area contributed by atoms with Crippen LogP contribution in [0.1, 0.15) is 27.2 Å². The SMILES string of the molecule is CC(C(=O)Nc1c(F)cccc1F)N1CCC(N)C(C)(C)C1.Cl. The molecule has 1 heterocycles. The Hall–Kier alpha value is -1.24. The minimum Gasteiger partial charge on any atom is -0.327 e. The van der Waals surface area contributed by atoms with Crippen LogP contribution in [0.4, 0.5) is 14.5 Å². The van der Waals surface area contributed by atoms with E-state index < -0.39 is 29.3 Å². The topological polar surface area (TPSA) is 58.4 Å². The van der Waals surface area contributed by atoms with Gasteiger partial charge < -0.3 is 11.1 Å². The third kappa shape index (κ3) is 4.40. The average Bonchev–Trinajstić information content (AvgIpc) is 2.45. The molecule has 1 amide bonds. The van der Waals surface area contributed by atoms with Crippen molar-refractivity contribution in [1.29, 1.82) is 0 Å². The third-order valence-electron chi connectivity index (χ3n) is 4.48. The van der Waals surface area contributed by atoms with Crippen LogP contribution in [0, 0.1) is 17.0 Å². The Morgan fingerprint density at radius 2 is 1.96 bits per heavy atom. The number of nitrogens with one attached hydrogen (secondary N) is 1. The average molecular weight is 348 g/mol. The highest BCUT2D eigenvalue weighted by atomic mass is 35.5.